The van der Waals surface area contributed by atoms with Crippen molar-refractivity contribution in [2.75, 3.05) is 11.9 Å². The molecule has 2 N–H and O–H groups in total. The summed E-state index contributed by atoms with van der Waals surface area (Å²) in [6.45, 7) is 0.632. The highest BCUT2D eigenvalue weighted by molar-refractivity contribution is 7.10. The van der Waals surface area contributed by atoms with Gasteiger partial charge in [0.15, 0.2) is 0 Å². The van der Waals surface area contributed by atoms with Crippen LogP contribution >= 0.6 is 11.3 Å². The molecule has 4 heteroatoms. The Morgan fingerprint density at radius 3 is 2.79 bits per heavy atom. The molecule has 2 aliphatic rings. The Labute approximate surface area is 175 Å². The standard InChI is InChI=1S/C25H24N2OS/c28-25(26-15-14-17-7-2-1-3-8-17)21-12-5-10-19-18-9-4-11-20(18)24(27-23(19)21)22-13-6-16-29-22/h1-10,12-13,16,18,20,24,27H,11,14-15H2,(H,26,28). The van der Waals surface area contributed by atoms with Crippen LogP contribution in [0.3, 0.4) is 0 Å². The molecule has 1 aliphatic heterocycles. The summed E-state index contributed by atoms with van der Waals surface area (Å²) in [5.41, 5.74) is 4.22. The molecular weight excluding hydrogens is 376 g/mol. The highest BCUT2D eigenvalue weighted by Crippen LogP contribution is 2.51. The largest absolute Gasteiger partial charge is 0.376 e. The number of benzene rings is 2. The van der Waals surface area contributed by atoms with Crippen molar-refractivity contribution in [1.82, 2.24) is 5.32 Å². The first-order valence-corrected chi connectivity index (χ1v) is 11.1. The summed E-state index contributed by atoms with van der Waals surface area (Å²) in [6.07, 6.45) is 6.52. The zero-order valence-electron chi connectivity index (χ0n) is 16.2. The number of hydrogen-bond acceptors (Lipinski definition) is 3. The minimum absolute atomic E-state index is 0.00404. The molecule has 1 aliphatic carbocycles. The lowest BCUT2D eigenvalue weighted by Crippen LogP contribution is -2.32. The van der Waals surface area contributed by atoms with Crippen LogP contribution in [-0.4, -0.2) is 12.5 Å². The maximum Gasteiger partial charge on any atom is 0.253 e. The summed E-state index contributed by atoms with van der Waals surface area (Å²) < 4.78 is 0. The molecule has 0 radical (unpaired) electrons. The molecule has 0 saturated carbocycles. The maximum atomic E-state index is 13.0. The van der Waals surface area contributed by atoms with Gasteiger partial charge in [0.25, 0.3) is 5.91 Å². The normalized spacial score (nSPS) is 21.9. The molecule has 146 valence electrons. The van der Waals surface area contributed by atoms with E-state index in [4.69, 9.17) is 0 Å². The van der Waals surface area contributed by atoms with E-state index >= 15 is 0 Å². The predicted molar refractivity (Wildman–Crippen MR) is 120 cm³/mol. The lowest BCUT2D eigenvalue weighted by molar-refractivity contribution is 0.0954. The van der Waals surface area contributed by atoms with E-state index in [1.165, 1.54) is 16.0 Å². The number of carbonyl (C=O) groups excluding carboxylic acids is 1. The van der Waals surface area contributed by atoms with Gasteiger partial charge in [-0.3, -0.25) is 4.79 Å². The molecule has 3 atom stereocenters. The molecule has 0 saturated heterocycles. The second-order valence-electron chi connectivity index (χ2n) is 7.75. The predicted octanol–water partition coefficient (Wildman–Crippen LogP) is 5.55. The van der Waals surface area contributed by atoms with Gasteiger partial charge in [0.2, 0.25) is 0 Å². The number of rotatable bonds is 5. The second-order valence-corrected chi connectivity index (χ2v) is 8.73. The summed E-state index contributed by atoms with van der Waals surface area (Å²) in [4.78, 5) is 14.4. The number of nitrogens with one attached hydrogen (secondary N) is 2. The highest BCUT2D eigenvalue weighted by Gasteiger charge is 2.39. The Morgan fingerprint density at radius 1 is 1.07 bits per heavy atom. The molecule has 1 amide bonds. The van der Waals surface area contributed by atoms with Crippen LogP contribution in [0, 0.1) is 5.92 Å². The van der Waals surface area contributed by atoms with Crippen LogP contribution in [0.4, 0.5) is 5.69 Å². The van der Waals surface area contributed by atoms with Crippen molar-refractivity contribution in [3.63, 3.8) is 0 Å². The van der Waals surface area contributed by atoms with Crippen molar-refractivity contribution in [3.8, 4) is 0 Å². The van der Waals surface area contributed by atoms with Crippen molar-refractivity contribution in [2.45, 2.75) is 24.8 Å². The summed E-state index contributed by atoms with van der Waals surface area (Å²) in [5, 5.41) is 8.98. The minimum atomic E-state index is -0.00404. The van der Waals surface area contributed by atoms with Crippen LogP contribution in [0.1, 0.15) is 44.7 Å². The molecule has 1 aromatic heterocycles. The minimum Gasteiger partial charge on any atom is -0.376 e. The van der Waals surface area contributed by atoms with Gasteiger partial charge in [0.05, 0.1) is 17.3 Å². The van der Waals surface area contributed by atoms with Gasteiger partial charge in [-0.25, -0.2) is 0 Å². The third kappa shape index (κ3) is 3.49. The van der Waals surface area contributed by atoms with E-state index in [9.17, 15) is 4.79 Å². The highest BCUT2D eigenvalue weighted by atomic mass is 32.1. The maximum absolute atomic E-state index is 13.0. The summed E-state index contributed by atoms with van der Waals surface area (Å²) in [7, 11) is 0. The van der Waals surface area contributed by atoms with Crippen molar-refractivity contribution in [3.05, 3.63) is 99.8 Å². The second kappa shape index (κ2) is 7.88. The van der Waals surface area contributed by atoms with Gasteiger partial charge in [-0.15, -0.1) is 11.3 Å². The van der Waals surface area contributed by atoms with E-state index in [1.54, 1.807) is 11.3 Å². The number of para-hydroxylation sites is 1. The SMILES string of the molecule is O=C(NCCc1ccccc1)c1cccc2c1NC(c1cccs1)C1CC=CC21. The quantitative estimate of drug-likeness (QED) is 0.552. The number of hydrogen-bond donors (Lipinski definition) is 2. The van der Waals surface area contributed by atoms with Gasteiger partial charge in [-0.05, 0) is 47.4 Å². The van der Waals surface area contributed by atoms with Gasteiger partial charge < -0.3 is 10.6 Å². The molecule has 3 aromatic rings. The topological polar surface area (TPSA) is 41.1 Å². The van der Waals surface area contributed by atoms with Crippen LogP contribution in [0.2, 0.25) is 0 Å². The molecule has 2 heterocycles. The van der Waals surface area contributed by atoms with Gasteiger partial charge >= 0.3 is 0 Å². The first kappa shape index (κ1) is 18.2. The molecule has 0 bridgehead atoms. The summed E-state index contributed by atoms with van der Waals surface area (Å²) in [5.74, 6) is 0.878. The molecule has 5 rings (SSSR count). The van der Waals surface area contributed by atoms with E-state index in [1.807, 2.05) is 30.3 Å². The molecule has 0 fully saturated rings. The molecule has 2 aromatic carbocycles. The lowest BCUT2D eigenvalue weighted by atomic mass is 9.78. The number of amides is 1. The summed E-state index contributed by atoms with van der Waals surface area (Å²) in [6, 6.07) is 20.9. The zero-order chi connectivity index (χ0) is 19.6. The molecule has 0 spiro atoms. The third-order valence-electron chi connectivity index (χ3n) is 6.03. The number of carbonyl (C=O) groups is 1. The van der Waals surface area contributed by atoms with Gasteiger partial charge in [0.1, 0.15) is 0 Å². The van der Waals surface area contributed by atoms with Crippen molar-refractivity contribution in [2.24, 2.45) is 5.92 Å². The van der Waals surface area contributed by atoms with Crippen LogP contribution in [0.5, 0.6) is 0 Å². The molecule has 3 nitrogen and oxygen atoms in total. The average Bonchev–Trinajstić information content (AvgIpc) is 3.46. The van der Waals surface area contributed by atoms with Crippen LogP contribution < -0.4 is 10.6 Å². The Kier molecular flexibility index (Phi) is 4.94. The van der Waals surface area contributed by atoms with Gasteiger partial charge in [-0.2, -0.15) is 0 Å². The van der Waals surface area contributed by atoms with E-state index < -0.39 is 0 Å². The fraction of sp³-hybridized carbons (Fsp3) is 0.240. The fourth-order valence-electron chi connectivity index (χ4n) is 4.62. The monoisotopic (exact) mass is 400 g/mol. The third-order valence-corrected chi connectivity index (χ3v) is 6.99. The smallest absolute Gasteiger partial charge is 0.253 e. The Morgan fingerprint density at radius 2 is 1.97 bits per heavy atom. The Hall–Kier alpha value is -2.85. The van der Waals surface area contributed by atoms with Crippen molar-refractivity contribution in [1.29, 1.82) is 0 Å². The van der Waals surface area contributed by atoms with E-state index in [-0.39, 0.29) is 11.9 Å². The summed E-state index contributed by atoms with van der Waals surface area (Å²) >= 11 is 1.79. The van der Waals surface area contributed by atoms with E-state index in [0.29, 0.717) is 18.4 Å². The first-order chi connectivity index (χ1) is 14.3. The Balaban J connectivity index is 1.39. The number of thiophene rings is 1. The zero-order valence-corrected chi connectivity index (χ0v) is 17.0. The van der Waals surface area contributed by atoms with Crippen LogP contribution in [-0.2, 0) is 6.42 Å². The van der Waals surface area contributed by atoms with Crippen LogP contribution in [0.25, 0.3) is 0 Å². The van der Waals surface area contributed by atoms with Crippen molar-refractivity contribution >= 4 is 22.9 Å². The number of allylic oxidation sites excluding steroid dienone is 2. The van der Waals surface area contributed by atoms with Crippen molar-refractivity contribution < 1.29 is 4.79 Å². The Bertz CT molecular complexity index is 1030. The molecular formula is C25H24N2OS. The lowest BCUT2D eigenvalue weighted by Gasteiger charge is -2.37. The number of fused-ring (bicyclic) bond motifs is 3. The van der Waals surface area contributed by atoms with E-state index in [2.05, 4.69) is 58.5 Å². The van der Waals surface area contributed by atoms with E-state index in [0.717, 1.165) is 24.1 Å². The first-order valence-electron chi connectivity index (χ1n) is 10.2. The fourth-order valence-corrected chi connectivity index (χ4v) is 5.47. The molecule has 3 unspecified atom stereocenters. The number of anilines is 1. The average molecular weight is 401 g/mol. The van der Waals surface area contributed by atoms with Gasteiger partial charge in [-0.1, -0.05) is 60.7 Å². The van der Waals surface area contributed by atoms with Crippen LogP contribution in [0.15, 0.2) is 78.2 Å². The van der Waals surface area contributed by atoms with Gasteiger partial charge in [0, 0.05) is 17.3 Å². The molecule has 29 heavy (non-hydrogen) atoms.